The van der Waals surface area contributed by atoms with E-state index in [1.807, 2.05) is 0 Å². The van der Waals surface area contributed by atoms with Crippen molar-refractivity contribution in [1.82, 2.24) is 0 Å². The lowest BCUT2D eigenvalue weighted by Gasteiger charge is -2.01. The molecule has 31 heavy (non-hydrogen) atoms. The number of unbranched alkanes of at least 4 members (excludes halogenated alkanes) is 16. The van der Waals surface area contributed by atoms with Gasteiger partial charge in [-0.15, -0.1) is 0 Å². The average Bonchev–Trinajstić information content (AvgIpc) is 2.76. The summed E-state index contributed by atoms with van der Waals surface area (Å²) in [5.74, 6) is -0.696. The molecule has 0 aromatic heterocycles. The van der Waals surface area contributed by atoms with Gasteiger partial charge in [-0.1, -0.05) is 108 Å². The number of hydrogen-bond acceptors (Lipinski definition) is 1. The highest BCUT2D eigenvalue weighted by atomic mass is 16.4. The Labute approximate surface area is 194 Å². The molecule has 0 amide bonds. The second-order valence-electron chi connectivity index (χ2n) is 8.89. The summed E-state index contributed by atoms with van der Waals surface area (Å²) in [6.07, 6.45) is 39.6. The molecule has 0 aliphatic carbocycles. The molecule has 0 saturated heterocycles. The molecule has 0 unspecified atom stereocenters. The van der Waals surface area contributed by atoms with Gasteiger partial charge in [-0.25, -0.2) is 0 Å². The standard InChI is InChI=1S/C29H52O2/c1-2-3-4-5-6-7-8-9-10-11-12-13-14-15-16-17-18-19-20-21-22-23-24-25-26-27-28-29(30)31/h8-9,20-21,24-25H,2-7,10-19,22-23,26-28H2,1H3,(H,30,31). The molecule has 0 heterocycles. The molecule has 2 nitrogen and oxygen atoms in total. The molecule has 0 aliphatic heterocycles. The van der Waals surface area contributed by atoms with E-state index in [-0.39, 0.29) is 6.42 Å². The smallest absolute Gasteiger partial charge is 0.303 e. The Morgan fingerprint density at radius 1 is 0.484 bits per heavy atom. The molecular weight excluding hydrogens is 380 g/mol. The number of rotatable bonds is 24. The maximum absolute atomic E-state index is 10.4. The number of carbonyl (C=O) groups is 1. The van der Waals surface area contributed by atoms with Gasteiger partial charge in [-0.2, -0.15) is 0 Å². The predicted octanol–water partition coefficient (Wildman–Crippen LogP) is 9.95. The first-order chi connectivity index (χ1) is 15.3. The van der Waals surface area contributed by atoms with Crippen molar-refractivity contribution < 1.29 is 9.90 Å². The summed E-state index contributed by atoms with van der Waals surface area (Å²) in [5.41, 5.74) is 0. The van der Waals surface area contributed by atoms with Gasteiger partial charge in [-0.3, -0.25) is 4.79 Å². The SMILES string of the molecule is CCCCCCCC=CCCCCCCCCCCC=CCCC=CCCCC(=O)O. The van der Waals surface area contributed by atoms with Crippen molar-refractivity contribution in [2.24, 2.45) is 0 Å². The summed E-state index contributed by atoms with van der Waals surface area (Å²) in [6.45, 7) is 2.28. The van der Waals surface area contributed by atoms with Gasteiger partial charge in [0.15, 0.2) is 0 Å². The lowest BCUT2D eigenvalue weighted by Crippen LogP contribution is -1.92. The summed E-state index contributed by atoms with van der Waals surface area (Å²) >= 11 is 0. The van der Waals surface area contributed by atoms with E-state index in [9.17, 15) is 4.79 Å². The van der Waals surface area contributed by atoms with Crippen molar-refractivity contribution in [3.8, 4) is 0 Å². The van der Waals surface area contributed by atoms with Crippen molar-refractivity contribution in [3.63, 3.8) is 0 Å². The number of allylic oxidation sites excluding steroid dienone is 6. The summed E-state index contributed by atoms with van der Waals surface area (Å²) < 4.78 is 0. The van der Waals surface area contributed by atoms with E-state index >= 15 is 0 Å². The van der Waals surface area contributed by atoms with E-state index in [0.29, 0.717) is 0 Å². The Kier molecular flexibility index (Phi) is 25.6. The Balaban J connectivity index is 3.18. The van der Waals surface area contributed by atoms with Gasteiger partial charge in [0, 0.05) is 6.42 Å². The van der Waals surface area contributed by atoms with Crippen LogP contribution in [0.4, 0.5) is 0 Å². The quantitative estimate of drug-likeness (QED) is 0.122. The lowest BCUT2D eigenvalue weighted by atomic mass is 10.1. The summed E-state index contributed by atoms with van der Waals surface area (Å²) in [4.78, 5) is 10.4. The molecule has 0 radical (unpaired) electrons. The highest BCUT2D eigenvalue weighted by molar-refractivity contribution is 5.66. The van der Waals surface area contributed by atoms with Crippen molar-refractivity contribution in [1.29, 1.82) is 0 Å². The molecule has 0 saturated carbocycles. The highest BCUT2D eigenvalue weighted by Gasteiger charge is 1.93. The van der Waals surface area contributed by atoms with Gasteiger partial charge in [0.2, 0.25) is 0 Å². The molecule has 0 aliphatic rings. The maximum Gasteiger partial charge on any atom is 0.303 e. The van der Waals surface area contributed by atoms with Crippen molar-refractivity contribution in [3.05, 3.63) is 36.5 Å². The normalized spacial score (nSPS) is 12.0. The summed E-state index contributed by atoms with van der Waals surface area (Å²) in [6, 6.07) is 0. The van der Waals surface area contributed by atoms with E-state index in [1.54, 1.807) is 0 Å². The topological polar surface area (TPSA) is 37.3 Å². The van der Waals surface area contributed by atoms with Crippen LogP contribution in [0, 0.1) is 0 Å². The summed E-state index contributed by atoms with van der Waals surface area (Å²) in [5, 5.41) is 8.57. The van der Waals surface area contributed by atoms with Gasteiger partial charge in [0.25, 0.3) is 0 Å². The Hall–Kier alpha value is -1.31. The molecule has 2 heteroatoms. The second-order valence-corrected chi connectivity index (χ2v) is 8.89. The number of carboxylic acid groups (broad SMARTS) is 1. The molecule has 0 fully saturated rings. The number of hydrogen-bond donors (Lipinski definition) is 1. The zero-order chi connectivity index (χ0) is 22.7. The van der Waals surface area contributed by atoms with Crippen LogP contribution in [0.5, 0.6) is 0 Å². The van der Waals surface area contributed by atoms with Crippen LogP contribution in [0.3, 0.4) is 0 Å². The monoisotopic (exact) mass is 432 g/mol. The largest absolute Gasteiger partial charge is 0.481 e. The van der Waals surface area contributed by atoms with Crippen LogP contribution in [-0.4, -0.2) is 11.1 Å². The molecule has 0 aromatic carbocycles. The third-order valence-corrected chi connectivity index (χ3v) is 5.73. The van der Waals surface area contributed by atoms with Gasteiger partial charge in [0.05, 0.1) is 0 Å². The van der Waals surface area contributed by atoms with Crippen LogP contribution in [0.2, 0.25) is 0 Å². The Bertz CT molecular complexity index is 448. The fourth-order valence-electron chi connectivity index (χ4n) is 3.72. The van der Waals surface area contributed by atoms with Crippen LogP contribution in [0.15, 0.2) is 36.5 Å². The minimum atomic E-state index is -0.696. The van der Waals surface area contributed by atoms with Crippen LogP contribution in [0.1, 0.15) is 142 Å². The van der Waals surface area contributed by atoms with Crippen LogP contribution in [-0.2, 0) is 4.79 Å². The van der Waals surface area contributed by atoms with Gasteiger partial charge >= 0.3 is 5.97 Å². The molecular formula is C29H52O2. The first-order valence-corrected chi connectivity index (χ1v) is 13.4. The number of aliphatic carboxylic acids is 1. The second kappa shape index (κ2) is 26.7. The molecule has 0 aromatic rings. The molecule has 0 atom stereocenters. The van der Waals surface area contributed by atoms with Gasteiger partial charge < -0.3 is 5.11 Å². The van der Waals surface area contributed by atoms with Crippen molar-refractivity contribution in [2.45, 2.75) is 142 Å². The van der Waals surface area contributed by atoms with E-state index in [4.69, 9.17) is 5.11 Å². The van der Waals surface area contributed by atoms with E-state index < -0.39 is 5.97 Å². The van der Waals surface area contributed by atoms with Crippen molar-refractivity contribution in [2.75, 3.05) is 0 Å². The minimum absolute atomic E-state index is 0.279. The number of carboxylic acids is 1. The minimum Gasteiger partial charge on any atom is -0.481 e. The fourth-order valence-corrected chi connectivity index (χ4v) is 3.72. The first-order valence-electron chi connectivity index (χ1n) is 13.4. The Morgan fingerprint density at radius 2 is 0.806 bits per heavy atom. The molecule has 180 valence electrons. The Morgan fingerprint density at radius 3 is 1.19 bits per heavy atom. The van der Waals surface area contributed by atoms with E-state index in [2.05, 4.69) is 43.4 Å². The highest BCUT2D eigenvalue weighted by Crippen LogP contribution is 2.12. The van der Waals surface area contributed by atoms with Gasteiger partial charge in [0.1, 0.15) is 0 Å². The first kappa shape index (κ1) is 29.7. The molecule has 0 bridgehead atoms. The van der Waals surface area contributed by atoms with E-state index in [1.165, 1.54) is 103 Å². The zero-order valence-electron chi connectivity index (χ0n) is 20.7. The third-order valence-electron chi connectivity index (χ3n) is 5.73. The maximum atomic E-state index is 10.4. The molecule has 0 rings (SSSR count). The van der Waals surface area contributed by atoms with Crippen LogP contribution >= 0.6 is 0 Å². The average molecular weight is 433 g/mol. The van der Waals surface area contributed by atoms with E-state index in [0.717, 1.165) is 25.7 Å². The van der Waals surface area contributed by atoms with Crippen molar-refractivity contribution >= 4 is 5.97 Å². The van der Waals surface area contributed by atoms with Gasteiger partial charge in [-0.05, 0) is 64.2 Å². The third kappa shape index (κ3) is 28.7. The predicted molar refractivity (Wildman–Crippen MR) is 138 cm³/mol. The fraction of sp³-hybridized carbons (Fsp3) is 0.759. The van der Waals surface area contributed by atoms with Crippen LogP contribution in [0.25, 0.3) is 0 Å². The van der Waals surface area contributed by atoms with Crippen LogP contribution < -0.4 is 0 Å². The zero-order valence-corrected chi connectivity index (χ0v) is 20.7. The molecule has 0 spiro atoms. The molecule has 1 N–H and O–H groups in total. The summed E-state index contributed by atoms with van der Waals surface area (Å²) in [7, 11) is 0. The lowest BCUT2D eigenvalue weighted by molar-refractivity contribution is -0.137.